The Balaban J connectivity index is 1.83. The molecule has 1 atom stereocenters. The van der Waals surface area contributed by atoms with E-state index in [1.54, 1.807) is 6.92 Å². The first-order valence-corrected chi connectivity index (χ1v) is 8.56. The van der Waals surface area contributed by atoms with Gasteiger partial charge in [-0.1, -0.05) is 30.5 Å². The number of aryl methyl sites for hydroxylation is 1. The lowest BCUT2D eigenvalue weighted by Gasteiger charge is -2.28. The Labute approximate surface area is 131 Å². The second-order valence-corrected chi connectivity index (χ2v) is 6.36. The number of carbonyl (C=O) groups is 1. The monoisotopic (exact) mass is 303 g/mol. The number of amides is 1. The van der Waals surface area contributed by atoms with Crippen LogP contribution in [0.15, 0.2) is 16.2 Å². The third-order valence-electron chi connectivity index (χ3n) is 4.67. The van der Waals surface area contributed by atoms with Crippen molar-refractivity contribution in [3.05, 3.63) is 23.4 Å². The van der Waals surface area contributed by atoms with Gasteiger partial charge in [0.2, 0.25) is 11.8 Å². The molecule has 2 aliphatic rings. The maximum atomic E-state index is 13.0. The first-order valence-electron chi connectivity index (χ1n) is 8.56. The predicted molar refractivity (Wildman–Crippen MR) is 83.1 cm³/mol. The number of aromatic nitrogens is 2. The van der Waals surface area contributed by atoms with Crippen molar-refractivity contribution in [3.63, 3.8) is 0 Å². The highest BCUT2D eigenvalue weighted by Gasteiger charge is 2.31. The smallest absolute Gasteiger partial charge is 0.250 e. The summed E-state index contributed by atoms with van der Waals surface area (Å²) in [7, 11) is 0. The lowest BCUT2D eigenvalue weighted by atomic mass is 10.1. The molecule has 1 amide bonds. The number of hydrogen-bond donors (Lipinski definition) is 0. The van der Waals surface area contributed by atoms with Crippen molar-refractivity contribution >= 4 is 5.91 Å². The molecule has 22 heavy (non-hydrogen) atoms. The average molecular weight is 303 g/mol. The van der Waals surface area contributed by atoms with Crippen LogP contribution < -0.4 is 0 Å². The number of nitrogens with zero attached hydrogens (tertiary/aromatic N) is 3. The number of carbonyl (C=O) groups excluding carboxylic acids is 1. The van der Waals surface area contributed by atoms with Gasteiger partial charge in [0.1, 0.15) is 0 Å². The summed E-state index contributed by atoms with van der Waals surface area (Å²) in [5.74, 6) is 1.43. The van der Waals surface area contributed by atoms with Crippen molar-refractivity contribution in [2.75, 3.05) is 6.54 Å². The number of hydrogen-bond acceptors (Lipinski definition) is 4. The SMILES string of the molecule is Cc1nc([C@@H]2CCCCCN2C(=O)C2=CCCCCC2)no1. The molecule has 3 rings (SSSR count). The summed E-state index contributed by atoms with van der Waals surface area (Å²) in [4.78, 5) is 19.4. The molecule has 0 N–H and O–H groups in total. The zero-order chi connectivity index (χ0) is 15.4. The van der Waals surface area contributed by atoms with E-state index in [2.05, 4.69) is 16.2 Å². The van der Waals surface area contributed by atoms with Gasteiger partial charge >= 0.3 is 0 Å². The van der Waals surface area contributed by atoms with Crippen molar-refractivity contribution in [2.24, 2.45) is 0 Å². The third kappa shape index (κ3) is 3.39. The van der Waals surface area contributed by atoms with Gasteiger partial charge in [-0.2, -0.15) is 4.98 Å². The van der Waals surface area contributed by atoms with Crippen LogP contribution in [-0.4, -0.2) is 27.5 Å². The maximum absolute atomic E-state index is 13.0. The Morgan fingerprint density at radius 1 is 1.23 bits per heavy atom. The third-order valence-corrected chi connectivity index (χ3v) is 4.67. The van der Waals surface area contributed by atoms with E-state index >= 15 is 0 Å². The molecular formula is C17H25N3O2. The topological polar surface area (TPSA) is 59.2 Å². The summed E-state index contributed by atoms with van der Waals surface area (Å²) in [5, 5.41) is 4.08. The van der Waals surface area contributed by atoms with E-state index in [-0.39, 0.29) is 11.9 Å². The van der Waals surface area contributed by atoms with Gasteiger partial charge in [-0.05, 0) is 38.5 Å². The van der Waals surface area contributed by atoms with E-state index in [0.29, 0.717) is 11.7 Å². The van der Waals surface area contributed by atoms with Gasteiger partial charge in [-0.15, -0.1) is 0 Å². The Morgan fingerprint density at radius 2 is 2.09 bits per heavy atom. The zero-order valence-corrected chi connectivity index (χ0v) is 13.4. The van der Waals surface area contributed by atoms with Crippen LogP contribution in [0.25, 0.3) is 0 Å². The summed E-state index contributed by atoms with van der Waals surface area (Å²) in [5.41, 5.74) is 0.990. The number of likely N-dealkylation sites (tertiary alicyclic amines) is 1. The Morgan fingerprint density at radius 3 is 2.91 bits per heavy atom. The second-order valence-electron chi connectivity index (χ2n) is 6.36. The van der Waals surface area contributed by atoms with Gasteiger partial charge in [0, 0.05) is 19.0 Å². The standard InChI is InChI=1S/C17H25N3O2/c1-13-18-16(19-22-13)15-11-7-4-8-12-20(15)17(21)14-9-5-2-3-6-10-14/h9,15H,2-8,10-12H2,1H3/t15-/m0/s1. The highest BCUT2D eigenvalue weighted by molar-refractivity contribution is 5.93. The second kappa shape index (κ2) is 7.07. The molecule has 1 fully saturated rings. The Bertz CT molecular complexity index is 550. The van der Waals surface area contributed by atoms with Gasteiger partial charge in [0.25, 0.3) is 0 Å². The Hall–Kier alpha value is -1.65. The fourth-order valence-electron chi connectivity index (χ4n) is 3.46. The van der Waals surface area contributed by atoms with Crippen LogP contribution >= 0.6 is 0 Å². The van der Waals surface area contributed by atoms with Crippen molar-refractivity contribution in [1.29, 1.82) is 0 Å². The fraction of sp³-hybridized carbons (Fsp3) is 0.706. The fourth-order valence-corrected chi connectivity index (χ4v) is 3.46. The number of rotatable bonds is 2. The Kier molecular flexibility index (Phi) is 4.90. The summed E-state index contributed by atoms with van der Waals surface area (Å²) in [6.07, 6.45) is 11.9. The van der Waals surface area contributed by atoms with Gasteiger partial charge in [-0.25, -0.2) is 0 Å². The molecule has 1 saturated heterocycles. The number of allylic oxidation sites excluding steroid dienone is 1. The van der Waals surface area contributed by atoms with Crippen molar-refractivity contribution in [1.82, 2.24) is 15.0 Å². The van der Waals surface area contributed by atoms with Crippen LogP contribution in [0.3, 0.4) is 0 Å². The molecule has 5 nitrogen and oxygen atoms in total. The molecule has 5 heteroatoms. The highest BCUT2D eigenvalue weighted by Crippen LogP contribution is 2.31. The van der Waals surface area contributed by atoms with Crippen LogP contribution in [0.5, 0.6) is 0 Å². The van der Waals surface area contributed by atoms with E-state index in [0.717, 1.165) is 57.1 Å². The van der Waals surface area contributed by atoms with E-state index in [4.69, 9.17) is 4.52 Å². The molecule has 0 spiro atoms. The molecule has 120 valence electrons. The van der Waals surface area contributed by atoms with Gasteiger partial charge in [0.05, 0.1) is 6.04 Å². The molecule has 2 heterocycles. The molecule has 0 saturated carbocycles. The molecule has 1 aromatic rings. The highest BCUT2D eigenvalue weighted by atomic mass is 16.5. The zero-order valence-electron chi connectivity index (χ0n) is 13.4. The molecule has 1 aliphatic heterocycles. The molecule has 0 unspecified atom stereocenters. The summed E-state index contributed by atoms with van der Waals surface area (Å²) >= 11 is 0. The van der Waals surface area contributed by atoms with Crippen LogP contribution in [0.1, 0.15) is 75.5 Å². The predicted octanol–water partition coefficient (Wildman–Crippen LogP) is 3.71. The molecule has 0 aromatic carbocycles. The van der Waals surface area contributed by atoms with Gasteiger partial charge < -0.3 is 9.42 Å². The normalized spacial score (nSPS) is 23.6. The van der Waals surface area contributed by atoms with Crippen molar-refractivity contribution in [2.45, 2.75) is 70.8 Å². The van der Waals surface area contributed by atoms with E-state index in [1.807, 2.05) is 4.90 Å². The van der Waals surface area contributed by atoms with Gasteiger partial charge in [-0.3, -0.25) is 4.79 Å². The lowest BCUT2D eigenvalue weighted by molar-refractivity contribution is -0.129. The van der Waals surface area contributed by atoms with E-state index < -0.39 is 0 Å². The molecule has 0 radical (unpaired) electrons. The quantitative estimate of drug-likeness (QED) is 0.835. The largest absolute Gasteiger partial charge is 0.340 e. The van der Waals surface area contributed by atoms with Crippen LogP contribution in [0.4, 0.5) is 0 Å². The van der Waals surface area contributed by atoms with Crippen LogP contribution in [0, 0.1) is 6.92 Å². The minimum absolute atomic E-state index is 0.0309. The first kappa shape index (κ1) is 15.3. The molecule has 0 bridgehead atoms. The van der Waals surface area contributed by atoms with E-state index in [9.17, 15) is 4.79 Å². The minimum Gasteiger partial charge on any atom is -0.340 e. The van der Waals surface area contributed by atoms with Crippen molar-refractivity contribution in [3.8, 4) is 0 Å². The molecular weight excluding hydrogens is 278 g/mol. The first-order chi connectivity index (χ1) is 10.8. The molecule has 1 aliphatic carbocycles. The summed E-state index contributed by atoms with van der Waals surface area (Å²) in [6, 6.07) is -0.0309. The average Bonchev–Trinajstić information content (AvgIpc) is 2.77. The summed E-state index contributed by atoms with van der Waals surface area (Å²) in [6.45, 7) is 2.60. The van der Waals surface area contributed by atoms with Crippen molar-refractivity contribution < 1.29 is 9.32 Å². The summed E-state index contributed by atoms with van der Waals surface area (Å²) < 4.78 is 5.14. The van der Waals surface area contributed by atoms with Gasteiger partial charge in [0.15, 0.2) is 5.82 Å². The van der Waals surface area contributed by atoms with Crippen LogP contribution in [0.2, 0.25) is 0 Å². The van der Waals surface area contributed by atoms with E-state index in [1.165, 1.54) is 12.8 Å². The molecule has 1 aromatic heterocycles. The maximum Gasteiger partial charge on any atom is 0.250 e. The van der Waals surface area contributed by atoms with Crippen LogP contribution in [-0.2, 0) is 4.79 Å². The minimum atomic E-state index is -0.0309. The lowest BCUT2D eigenvalue weighted by Crippen LogP contribution is -2.36.